The minimum absolute atomic E-state index is 0.158. The van der Waals surface area contributed by atoms with Gasteiger partial charge < -0.3 is 19.2 Å². The highest BCUT2D eigenvalue weighted by molar-refractivity contribution is 5.88. The molecule has 1 unspecified atom stereocenters. The van der Waals surface area contributed by atoms with Crippen LogP contribution >= 0.6 is 0 Å². The Labute approximate surface area is 168 Å². The lowest BCUT2D eigenvalue weighted by Gasteiger charge is -2.32. The molecule has 1 atom stereocenters. The van der Waals surface area contributed by atoms with Crippen LogP contribution in [0.15, 0.2) is 21.3 Å². The van der Waals surface area contributed by atoms with Crippen molar-refractivity contribution in [2.75, 3.05) is 6.54 Å². The van der Waals surface area contributed by atoms with Crippen molar-refractivity contribution in [2.24, 2.45) is 0 Å². The second-order valence-corrected chi connectivity index (χ2v) is 8.57. The Balaban J connectivity index is 1.70. The fraction of sp³-hybridized carbons (Fsp3) is 0.500. The molecule has 7 heteroatoms. The number of rotatable bonds is 3. The quantitative estimate of drug-likeness (QED) is 0.797. The summed E-state index contributed by atoms with van der Waals surface area (Å²) in [4.78, 5) is 38.1. The zero-order valence-corrected chi connectivity index (χ0v) is 16.9. The second kappa shape index (κ2) is 6.90. The molecule has 4 rings (SSSR count). The number of carbonyl (C=O) groups excluding carboxylic acids is 1. The molecule has 0 radical (unpaired) electrons. The molecule has 1 aromatic heterocycles. The van der Waals surface area contributed by atoms with Crippen LogP contribution in [-0.2, 0) is 22.4 Å². The van der Waals surface area contributed by atoms with E-state index in [4.69, 9.17) is 9.15 Å². The fourth-order valence-corrected chi connectivity index (χ4v) is 4.31. The summed E-state index contributed by atoms with van der Waals surface area (Å²) in [6.07, 6.45) is 2.68. The van der Waals surface area contributed by atoms with Crippen LogP contribution in [0.25, 0.3) is 11.0 Å². The minimum Gasteiger partial charge on any atom is -0.487 e. The van der Waals surface area contributed by atoms with Crippen LogP contribution in [-0.4, -0.2) is 40.1 Å². The Bertz CT molecular complexity index is 1070. The number of hydrogen-bond donors (Lipinski definition) is 1. The first kappa shape index (κ1) is 19.5. The van der Waals surface area contributed by atoms with Crippen LogP contribution in [0.1, 0.15) is 49.8 Å². The largest absolute Gasteiger partial charge is 0.487 e. The lowest BCUT2D eigenvalue weighted by Crippen LogP contribution is -2.41. The van der Waals surface area contributed by atoms with Crippen LogP contribution in [0.4, 0.5) is 0 Å². The molecule has 0 aliphatic carbocycles. The Morgan fingerprint density at radius 3 is 2.79 bits per heavy atom. The molecule has 3 heterocycles. The number of nitrogens with zero attached hydrogens (tertiary/aromatic N) is 1. The molecule has 1 saturated heterocycles. The standard InChI is InChI=1S/C22H25NO6/c1-12-14-9-13-6-7-22(2,3)29-17(13)11-18(14)28-21(27)15(12)10-19(24)23-8-4-5-16(23)20(25)26/h9,11,16H,4-8,10H2,1-3H3,(H,25,26). The third-order valence-corrected chi connectivity index (χ3v) is 6.04. The third kappa shape index (κ3) is 3.50. The highest BCUT2D eigenvalue weighted by Gasteiger charge is 2.34. The molecule has 2 aliphatic heterocycles. The van der Waals surface area contributed by atoms with Gasteiger partial charge in [0.1, 0.15) is 23.0 Å². The number of likely N-dealkylation sites (tertiary alicyclic amines) is 1. The minimum atomic E-state index is -1.01. The second-order valence-electron chi connectivity index (χ2n) is 8.57. The van der Waals surface area contributed by atoms with Crippen molar-refractivity contribution in [1.29, 1.82) is 0 Å². The number of hydrogen-bond acceptors (Lipinski definition) is 5. The van der Waals surface area contributed by atoms with E-state index in [-0.39, 0.29) is 23.5 Å². The summed E-state index contributed by atoms with van der Waals surface area (Å²) in [6.45, 7) is 6.26. The zero-order valence-electron chi connectivity index (χ0n) is 16.9. The molecule has 7 nitrogen and oxygen atoms in total. The molecule has 29 heavy (non-hydrogen) atoms. The van der Waals surface area contributed by atoms with Crippen LogP contribution in [0.3, 0.4) is 0 Å². The number of fused-ring (bicyclic) bond motifs is 2. The van der Waals surface area contributed by atoms with Crippen molar-refractivity contribution < 1.29 is 23.8 Å². The number of amides is 1. The molecule has 0 saturated carbocycles. The summed E-state index contributed by atoms with van der Waals surface area (Å²) in [7, 11) is 0. The number of carboxylic acids is 1. The van der Waals surface area contributed by atoms with E-state index in [9.17, 15) is 19.5 Å². The summed E-state index contributed by atoms with van der Waals surface area (Å²) >= 11 is 0. The van der Waals surface area contributed by atoms with Crippen molar-refractivity contribution in [3.63, 3.8) is 0 Å². The predicted octanol–water partition coefficient (Wildman–Crippen LogP) is 2.82. The Kier molecular flexibility index (Phi) is 4.63. The van der Waals surface area contributed by atoms with E-state index in [0.29, 0.717) is 30.5 Å². The number of carboxylic acid groups (broad SMARTS) is 1. The molecule has 0 bridgehead atoms. The van der Waals surface area contributed by atoms with Crippen LogP contribution in [0.5, 0.6) is 5.75 Å². The van der Waals surface area contributed by atoms with Gasteiger partial charge in [-0.2, -0.15) is 0 Å². The van der Waals surface area contributed by atoms with E-state index in [0.717, 1.165) is 29.5 Å². The third-order valence-electron chi connectivity index (χ3n) is 6.04. The SMILES string of the molecule is Cc1c(CC(=O)N2CCCC2C(=O)O)c(=O)oc2cc3c(cc12)CCC(C)(C)O3. The van der Waals surface area contributed by atoms with E-state index < -0.39 is 17.6 Å². The summed E-state index contributed by atoms with van der Waals surface area (Å²) in [5.74, 6) is -0.637. The van der Waals surface area contributed by atoms with Crippen LogP contribution in [0, 0.1) is 6.92 Å². The first-order chi connectivity index (χ1) is 13.7. The predicted molar refractivity (Wildman–Crippen MR) is 106 cm³/mol. The zero-order chi connectivity index (χ0) is 20.9. The van der Waals surface area contributed by atoms with Gasteiger partial charge in [-0.05, 0) is 63.6 Å². The van der Waals surface area contributed by atoms with Gasteiger partial charge in [0.2, 0.25) is 5.91 Å². The van der Waals surface area contributed by atoms with Crippen LogP contribution < -0.4 is 10.4 Å². The van der Waals surface area contributed by atoms with Gasteiger partial charge in [0, 0.05) is 18.0 Å². The molecule has 1 amide bonds. The monoisotopic (exact) mass is 399 g/mol. The maximum absolute atomic E-state index is 12.7. The molecular weight excluding hydrogens is 374 g/mol. The van der Waals surface area contributed by atoms with Gasteiger partial charge in [-0.25, -0.2) is 9.59 Å². The summed E-state index contributed by atoms with van der Waals surface area (Å²) in [5.41, 5.74) is 1.64. The number of ether oxygens (including phenoxy) is 1. The Hall–Kier alpha value is -2.83. The Morgan fingerprint density at radius 1 is 1.31 bits per heavy atom. The van der Waals surface area contributed by atoms with Crippen molar-refractivity contribution in [3.8, 4) is 5.75 Å². The van der Waals surface area contributed by atoms with Gasteiger partial charge in [0.25, 0.3) is 0 Å². The van der Waals surface area contributed by atoms with Gasteiger partial charge in [0.05, 0.1) is 12.0 Å². The number of aliphatic carboxylic acids is 1. The smallest absolute Gasteiger partial charge is 0.340 e. The van der Waals surface area contributed by atoms with E-state index in [2.05, 4.69) is 0 Å². The maximum atomic E-state index is 12.7. The van der Waals surface area contributed by atoms with Crippen molar-refractivity contribution in [2.45, 2.75) is 64.5 Å². The lowest BCUT2D eigenvalue weighted by atomic mass is 9.92. The van der Waals surface area contributed by atoms with E-state index >= 15 is 0 Å². The van der Waals surface area contributed by atoms with Gasteiger partial charge in [-0.1, -0.05) is 0 Å². The molecule has 1 aromatic carbocycles. The molecular formula is C22H25NO6. The topological polar surface area (TPSA) is 97.1 Å². The molecule has 1 fully saturated rings. The molecule has 2 aromatic rings. The van der Waals surface area contributed by atoms with Gasteiger partial charge in [-0.3, -0.25) is 4.79 Å². The maximum Gasteiger partial charge on any atom is 0.340 e. The summed E-state index contributed by atoms with van der Waals surface area (Å²) < 4.78 is 11.5. The molecule has 2 aliphatic rings. The van der Waals surface area contributed by atoms with Crippen molar-refractivity contribution >= 4 is 22.8 Å². The van der Waals surface area contributed by atoms with Crippen molar-refractivity contribution in [1.82, 2.24) is 4.90 Å². The number of carbonyl (C=O) groups is 2. The normalized spacial score (nSPS) is 20.4. The van der Waals surface area contributed by atoms with Crippen LogP contribution in [0.2, 0.25) is 0 Å². The van der Waals surface area contributed by atoms with Crippen molar-refractivity contribution in [3.05, 3.63) is 39.2 Å². The average Bonchev–Trinajstić information content (AvgIpc) is 3.13. The molecule has 154 valence electrons. The van der Waals surface area contributed by atoms with E-state index in [1.165, 1.54) is 4.90 Å². The Morgan fingerprint density at radius 2 is 2.07 bits per heavy atom. The summed E-state index contributed by atoms with van der Waals surface area (Å²) in [5, 5.41) is 10.1. The van der Waals surface area contributed by atoms with E-state index in [1.54, 1.807) is 13.0 Å². The van der Waals surface area contributed by atoms with Gasteiger partial charge >= 0.3 is 11.6 Å². The molecule has 1 N–H and O–H groups in total. The van der Waals surface area contributed by atoms with Gasteiger partial charge in [0.15, 0.2) is 0 Å². The lowest BCUT2D eigenvalue weighted by molar-refractivity contribution is -0.148. The summed E-state index contributed by atoms with van der Waals surface area (Å²) in [6, 6.07) is 2.91. The molecule has 0 spiro atoms. The highest BCUT2D eigenvalue weighted by atomic mass is 16.5. The van der Waals surface area contributed by atoms with E-state index in [1.807, 2.05) is 19.9 Å². The first-order valence-corrected chi connectivity index (χ1v) is 9.97. The van der Waals surface area contributed by atoms with Gasteiger partial charge in [-0.15, -0.1) is 0 Å². The highest BCUT2D eigenvalue weighted by Crippen LogP contribution is 2.36. The first-order valence-electron chi connectivity index (χ1n) is 9.97. The number of benzene rings is 1. The fourth-order valence-electron chi connectivity index (χ4n) is 4.31. The number of aryl methyl sites for hydroxylation is 2. The average molecular weight is 399 g/mol.